The minimum Gasteiger partial charge on any atom is -0.396 e. The van der Waals surface area contributed by atoms with Gasteiger partial charge in [-0.05, 0) is 24.6 Å². The Morgan fingerprint density at radius 1 is 1.33 bits per heavy atom. The number of nitrogens with zero attached hydrogens (tertiary/aromatic N) is 1. The van der Waals surface area contributed by atoms with Crippen molar-refractivity contribution in [3.8, 4) is 0 Å². The Morgan fingerprint density at radius 2 is 2.05 bits per heavy atom. The highest BCUT2D eigenvalue weighted by molar-refractivity contribution is 5.92. The van der Waals surface area contributed by atoms with Crippen LogP contribution in [0.4, 0.5) is 23.2 Å². The molecule has 0 fully saturated rings. The summed E-state index contributed by atoms with van der Waals surface area (Å²) in [6, 6.07) is 5.07. The number of aliphatic hydroxyl groups excluding tert-OH is 1. The van der Waals surface area contributed by atoms with Gasteiger partial charge in [0.1, 0.15) is 5.82 Å². The van der Waals surface area contributed by atoms with E-state index in [1.165, 1.54) is 18.2 Å². The largest absolute Gasteiger partial charge is 0.401 e. The summed E-state index contributed by atoms with van der Waals surface area (Å²) >= 11 is 0. The third-order valence-corrected chi connectivity index (χ3v) is 2.51. The molecule has 0 aromatic heterocycles. The Bertz CT molecular complexity index is 466. The number of rotatable bonds is 7. The zero-order valence-corrected chi connectivity index (χ0v) is 11.2. The van der Waals surface area contributed by atoms with E-state index in [-0.39, 0.29) is 25.3 Å². The fourth-order valence-electron chi connectivity index (χ4n) is 1.73. The second-order valence-corrected chi connectivity index (χ2v) is 4.46. The summed E-state index contributed by atoms with van der Waals surface area (Å²) in [5, 5.41) is 11.0. The molecular formula is C13H16F4N2O2. The number of hydrogen-bond acceptors (Lipinski definition) is 3. The van der Waals surface area contributed by atoms with Gasteiger partial charge in [-0.3, -0.25) is 9.69 Å². The molecule has 1 rings (SSSR count). The number of alkyl halides is 3. The molecule has 118 valence electrons. The van der Waals surface area contributed by atoms with Crippen LogP contribution in [0.1, 0.15) is 6.42 Å². The monoisotopic (exact) mass is 308 g/mol. The molecule has 0 spiro atoms. The summed E-state index contributed by atoms with van der Waals surface area (Å²) in [4.78, 5) is 12.6. The van der Waals surface area contributed by atoms with E-state index in [1.807, 2.05) is 0 Å². The quantitative estimate of drug-likeness (QED) is 0.758. The molecule has 0 radical (unpaired) electrons. The third-order valence-electron chi connectivity index (χ3n) is 2.51. The molecule has 0 unspecified atom stereocenters. The highest BCUT2D eigenvalue weighted by atomic mass is 19.4. The van der Waals surface area contributed by atoms with Crippen LogP contribution in [0.5, 0.6) is 0 Å². The fourth-order valence-corrected chi connectivity index (χ4v) is 1.73. The molecule has 0 atom stereocenters. The van der Waals surface area contributed by atoms with Crippen molar-refractivity contribution in [2.45, 2.75) is 12.6 Å². The second kappa shape index (κ2) is 7.94. The number of halogens is 4. The summed E-state index contributed by atoms with van der Waals surface area (Å²) in [5.74, 6) is -1.23. The predicted octanol–water partition coefficient (Wildman–Crippen LogP) is 2.01. The van der Waals surface area contributed by atoms with E-state index in [0.29, 0.717) is 0 Å². The lowest BCUT2D eigenvalue weighted by atomic mass is 10.3. The number of anilines is 1. The number of amides is 1. The minimum atomic E-state index is -4.44. The molecule has 1 aromatic carbocycles. The first-order chi connectivity index (χ1) is 9.80. The van der Waals surface area contributed by atoms with Crippen molar-refractivity contribution in [3.63, 3.8) is 0 Å². The Kier molecular flexibility index (Phi) is 6.57. The lowest BCUT2D eigenvalue weighted by Crippen LogP contribution is -2.40. The number of aliphatic hydroxyl groups is 1. The molecule has 0 heterocycles. The Morgan fingerprint density at radius 3 is 2.62 bits per heavy atom. The van der Waals surface area contributed by atoms with Crippen LogP contribution >= 0.6 is 0 Å². The molecule has 0 aliphatic carbocycles. The molecule has 8 heteroatoms. The summed E-state index contributed by atoms with van der Waals surface area (Å²) in [5.41, 5.74) is 0.175. The Balaban J connectivity index is 2.58. The van der Waals surface area contributed by atoms with E-state index in [0.717, 1.165) is 11.0 Å². The van der Waals surface area contributed by atoms with Gasteiger partial charge in [0.2, 0.25) is 5.91 Å². The molecule has 1 amide bonds. The first kappa shape index (κ1) is 17.4. The molecule has 4 nitrogen and oxygen atoms in total. The van der Waals surface area contributed by atoms with Gasteiger partial charge in [-0.15, -0.1) is 0 Å². The first-order valence-corrected chi connectivity index (χ1v) is 6.25. The molecule has 0 saturated heterocycles. The third kappa shape index (κ3) is 7.62. The van der Waals surface area contributed by atoms with Crippen LogP contribution in [0.15, 0.2) is 24.3 Å². The molecule has 21 heavy (non-hydrogen) atoms. The van der Waals surface area contributed by atoms with Gasteiger partial charge >= 0.3 is 6.18 Å². The maximum Gasteiger partial charge on any atom is 0.401 e. The van der Waals surface area contributed by atoms with Crippen molar-refractivity contribution in [1.82, 2.24) is 4.90 Å². The average Bonchev–Trinajstić information content (AvgIpc) is 2.34. The summed E-state index contributed by atoms with van der Waals surface area (Å²) < 4.78 is 50.1. The van der Waals surface area contributed by atoms with E-state index in [2.05, 4.69) is 5.32 Å². The van der Waals surface area contributed by atoms with Gasteiger partial charge in [-0.2, -0.15) is 13.2 Å². The van der Waals surface area contributed by atoms with E-state index in [1.54, 1.807) is 0 Å². The van der Waals surface area contributed by atoms with Crippen LogP contribution in [-0.4, -0.2) is 48.3 Å². The van der Waals surface area contributed by atoms with Gasteiger partial charge in [0.05, 0.1) is 13.1 Å². The predicted molar refractivity (Wildman–Crippen MR) is 69.2 cm³/mol. The Hall–Kier alpha value is -1.67. The number of carbonyl (C=O) groups excluding carboxylic acids is 1. The summed E-state index contributed by atoms with van der Waals surface area (Å²) in [7, 11) is 0. The van der Waals surface area contributed by atoms with Crippen LogP contribution in [0.2, 0.25) is 0 Å². The van der Waals surface area contributed by atoms with Gasteiger partial charge in [0, 0.05) is 18.8 Å². The van der Waals surface area contributed by atoms with Crippen LogP contribution in [-0.2, 0) is 4.79 Å². The zero-order valence-electron chi connectivity index (χ0n) is 11.2. The van der Waals surface area contributed by atoms with Crippen molar-refractivity contribution in [1.29, 1.82) is 0 Å². The molecule has 0 bridgehead atoms. The second-order valence-electron chi connectivity index (χ2n) is 4.46. The van der Waals surface area contributed by atoms with Crippen LogP contribution in [0.25, 0.3) is 0 Å². The van der Waals surface area contributed by atoms with Crippen LogP contribution in [0, 0.1) is 5.82 Å². The van der Waals surface area contributed by atoms with Gasteiger partial charge in [-0.1, -0.05) is 6.07 Å². The molecule has 0 saturated carbocycles. The van der Waals surface area contributed by atoms with Crippen molar-refractivity contribution >= 4 is 11.6 Å². The normalized spacial score (nSPS) is 11.7. The fraction of sp³-hybridized carbons (Fsp3) is 0.462. The highest BCUT2D eigenvalue weighted by Crippen LogP contribution is 2.17. The summed E-state index contributed by atoms with van der Waals surface area (Å²) in [6.07, 6.45) is -4.31. The van der Waals surface area contributed by atoms with Crippen molar-refractivity contribution in [3.05, 3.63) is 30.1 Å². The van der Waals surface area contributed by atoms with E-state index < -0.39 is 31.0 Å². The maximum atomic E-state index is 12.9. The van der Waals surface area contributed by atoms with E-state index >= 15 is 0 Å². The first-order valence-electron chi connectivity index (χ1n) is 6.25. The van der Waals surface area contributed by atoms with Gasteiger partial charge in [-0.25, -0.2) is 4.39 Å². The standard InChI is InChI=1S/C13H16F4N2O2/c14-10-3-1-4-11(7-10)18-12(21)8-19(5-2-6-20)9-13(15,16)17/h1,3-4,7,20H,2,5-6,8-9H2,(H,18,21). The van der Waals surface area contributed by atoms with Crippen molar-refractivity contribution in [2.24, 2.45) is 0 Å². The number of benzene rings is 1. The smallest absolute Gasteiger partial charge is 0.396 e. The molecular weight excluding hydrogens is 292 g/mol. The molecule has 2 N–H and O–H groups in total. The molecule has 0 aliphatic rings. The summed E-state index contributed by atoms with van der Waals surface area (Å²) in [6.45, 7) is -2.06. The van der Waals surface area contributed by atoms with Crippen molar-refractivity contribution < 1.29 is 27.5 Å². The maximum absolute atomic E-state index is 12.9. The average molecular weight is 308 g/mol. The van der Waals surface area contributed by atoms with E-state index in [4.69, 9.17) is 5.11 Å². The Labute approximate surface area is 119 Å². The van der Waals surface area contributed by atoms with Gasteiger partial charge < -0.3 is 10.4 Å². The number of carbonyl (C=O) groups is 1. The number of hydrogen-bond donors (Lipinski definition) is 2. The lowest BCUT2D eigenvalue weighted by molar-refractivity contribution is -0.148. The lowest BCUT2D eigenvalue weighted by Gasteiger charge is -2.22. The van der Waals surface area contributed by atoms with Crippen LogP contribution < -0.4 is 5.32 Å². The molecule has 0 aliphatic heterocycles. The minimum absolute atomic E-state index is 0.0629. The topological polar surface area (TPSA) is 52.6 Å². The van der Waals surface area contributed by atoms with Gasteiger partial charge in [0.15, 0.2) is 0 Å². The molecule has 1 aromatic rings. The van der Waals surface area contributed by atoms with Crippen molar-refractivity contribution in [2.75, 3.05) is 31.6 Å². The van der Waals surface area contributed by atoms with Crippen LogP contribution in [0.3, 0.4) is 0 Å². The SMILES string of the molecule is O=C(CN(CCCO)CC(F)(F)F)Nc1cccc(F)c1. The van der Waals surface area contributed by atoms with Gasteiger partial charge in [0.25, 0.3) is 0 Å². The number of nitrogens with one attached hydrogen (secondary N) is 1. The zero-order chi connectivity index (χ0) is 15.9. The van der Waals surface area contributed by atoms with E-state index in [9.17, 15) is 22.4 Å². The highest BCUT2D eigenvalue weighted by Gasteiger charge is 2.31.